The highest BCUT2D eigenvalue weighted by atomic mass is 16.6. The van der Waals surface area contributed by atoms with Crippen molar-refractivity contribution >= 4 is 6.16 Å². The van der Waals surface area contributed by atoms with Crippen molar-refractivity contribution in [3.8, 4) is 0 Å². The van der Waals surface area contributed by atoms with Crippen molar-refractivity contribution in [1.82, 2.24) is 9.80 Å². The molecule has 96 valence electrons. The lowest BCUT2D eigenvalue weighted by atomic mass is 10.5. The van der Waals surface area contributed by atoms with Gasteiger partial charge < -0.3 is 19.5 Å². The summed E-state index contributed by atoms with van der Waals surface area (Å²) in [5.74, 6) is 0. The molecule has 1 heterocycles. The van der Waals surface area contributed by atoms with Crippen molar-refractivity contribution in [3.63, 3.8) is 0 Å². The maximum atomic E-state index is 9.03. The van der Waals surface area contributed by atoms with Crippen LogP contribution in [0.5, 0.6) is 0 Å². The lowest BCUT2D eigenvalue weighted by molar-refractivity contribution is -0.928. The number of hydrogen-bond donors (Lipinski definition) is 1. The minimum atomic E-state index is -1.50. The van der Waals surface area contributed by atoms with E-state index in [0.29, 0.717) is 6.29 Å². The van der Waals surface area contributed by atoms with Gasteiger partial charge in [0.15, 0.2) is 0 Å². The smallest absolute Gasteiger partial charge is 0.251 e. The minimum absolute atomic E-state index is 0.597. The van der Waals surface area contributed by atoms with E-state index in [4.69, 9.17) is 9.90 Å². The molecule has 1 aliphatic heterocycles. The highest BCUT2D eigenvalue weighted by Gasteiger charge is 2.33. The molecule has 0 aromatic carbocycles. The van der Waals surface area contributed by atoms with Gasteiger partial charge in [-0.3, -0.25) is 0 Å². The fourth-order valence-corrected chi connectivity index (χ4v) is 2.00. The number of nitrogens with zero attached hydrogens (tertiary/aromatic N) is 2. The summed E-state index contributed by atoms with van der Waals surface area (Å²) in [7, 11) is 7.55. The van der Waals surface area contributed by atoms with Gasteiger partial charge in [-0.2, -0.15) is 0 Å². The number of carbonyl (C=O) groups excluding carboxylic acids is 1. The number of methoxy groups -OCH3 is 1. The summed E-state index contributed by atoms with van der Waals surface area (Å²) in [6.45, 7) is 6.00. The summed E-state index contributed by atoms with van der Waals surface area (Å²) < 4.78 is 3.56. The van der Waals surface area contributed by atoms with Gasteiger partial charge in [0.25, 0.3) is 6.16 Å². The molecule has 0 aliphatic carbocycles. The third kappa shape index (κ3) is 4.78. The van der Waals surface area contributed by atoms with Crippen LogP contribution in [0.3, 0.4) is 0 Å². The zero-order valence-electron chi connectivity index (χ0n) is 10.8. The predicted molar refractivity (Wildman–Crippen MR) is 58.9 cm³/mol. The van der Waals surface area contributed by atoms with E-state index in [2.05, 4.69) is 42.6 Å². The quantitative estimate of drug-likeness (QED) is 0.542. The van der Waals surface area contributed by atoms with Gasteiger partial charge in [-0.1, -0.05) is 0 Å². The molecule has 0 radical (unpaired) electrons. The number of ether oxygens (including phenoxy) is 1. The molecule has 6 nitrogen and oxygen atoms in total. The van der Waals surface area contributed by atoms with Crippen LogP contribution in [0, 0.1) is 0 Å². The Labute approximate surface area is 97.4 Å². The molecule has 0 bridgehead atoms. The van der Waals surface area contributed by atoms with E-state index in [1.807, 2.05) is 0 Å². The van der Waals surface area contributed by atoms with Crippen molar-refractivity contribution in [3.05, 3.63) is 0 Å². The molecule has 1 N–H and O–H groups in total. The topological polar surface area (TPSA) is 60.3 Å². The Balaban J connectivity index is 0.000000385. The van der Waals surface area contributed by atoms with Crippen molar-refractivity contribution in [2.75, 3.05) is 47.9 Å². The molecular weight excluding hydrogens is 210 g/mol. The summed E-state index contributed by atoms with van der Waals surface area (Å²) in [6.07, 6.45) is -0.898. The third-order valence-corrected chi connectivity index (χ3v) is 2.68. The Morgan fingerprint density at radius 2 is 2.12 bits per heavy atom. The highest BCUT2D eigenvalue weighted by Crippen LogP contribution is 1.95. The van der Waals surface area contributed by atoms with Crippen molar-refractivity contribution in [2.45, 2.75) is 13.2 Å². The summed E-state index contributed by atoms with van der Waals surface area (Å²) in [5, 5.41) is 9.03. The van der Waals surface area contributed by atoms with Crippen LogP contribution in [-0.2, 0) is 4.74 Å². The van der Waals surface area contributed by atoms with Gasteiger partial charge in [-0.25, -0.2) is 9.80 Å². The first-order chi connectivity index (χ1) is 7.43. The van der Waals surface area contributed by atoms with Gasteiger partial charge >= 0.3 is 0 Å². The fourth-order valence-electron chi connectivity index (χ4n) is 2.00. The Bertz CT molecular complexity index is 211. The summed E-state index contributed by atoms with van der Waals surface area (Å²) in [5.41, 5.74) is 0. The Hall–Kier alpha value is -0.850. The van der Waals surface area contributed by atoms with Crippen LogP contribution in [0.4, 0.5) is 4.79 Å². The van der Waals surface area contributed by atoms with Crippen LogP contribution in [0.25, 0.3) is 0 Å². The normalized spacial score (nSPS) is 25.1. The van der Waals surface area contributed by atoms with Crippen LogP contribution in [-0.4, -0.2) is 70.1 Å². The Morgan fingerprint density at radius 1 is 1.62 bits per heavy atom. The number of rotatable bonds is 2. The third-order valence-electron chi connectivity index (χ3n) is 2.68. The molecule has 0 amide bonds. The average Bonchev–Trinajstić information content (AvgIpc) is 2.60. The van der Waals surface area contributed by atoms with E-state index < -0.39 is 6.16 Å². The van der Waals surface area contributed by atoms with Crippen molar-refractivity contribution < 1.29 is 19.5 Å². The highest BCUT2D eigenvalue weighted by molar-refractivity contribution is 5.53. The van der Waals surface area contributed by atoms with Crippen molar-refractivity contribution in [2.24, 2.45) is 0 Å². The molecule has 6 heteroatoms. The molecule has 16 heavy (non-hydrogen) atoms. The van der Waals surface area contributed by atoms with Crippen LogP contribution >= 0.6 is 0 Å². The van der Waals surface area contributed by atoms with Gasteiger partial charge in [-0.15, -0.1) is 0 Å². The van der Waals surface area contributed by atoms with E-state index in [1.54, 1.807) is 4.90 Å². The zero-order valence-corrected chi connectivity index (χ0v) is 10.8. The fraction of sp³-hybridized carbons (Fsp3) is 0.900. The van der Waals surface area contributed by atoms with E-state index >= 15 is 0 Å². The SMILES string of the molecule is CC[NH+]1CCN(C)C1N(C)C.COC(=O)[O-]. The molecular formula is C10H23N3O3. The zero-order chi connectivity index (χ0) is 12.7. The first kappa shape index (κ1) is 15.2. The minimum Gasteiger partial charge on any atom is -0.553 e. The number of likely N-dealkylation sites (N-methyl/N-ethyl adjacent to an activating group) is 2. The van der Waals surface area contributed by atoms with Gasteiger partial charge in [0.1, 0.15) is 0 Å². The Morgan fingerprint density at radius 3 is 2.38 bits per heavy atom. The van der Waals surface area contributed by atoms with E-state index in [9.17, 15) is 0 Å². The molecule has 0 spiro atoms. The monoisotopic (exact) mass is 233 g/mol. The largest absolute Gasteiger partial charge is 0.553 e. The van der Waals surface area contributed by atoms with Gasteiger partial charge in [0.05, 0.1) is 19.6 Å². The number of carbonyl (C=O) groups is 1. The first-order valence-corrected chi connectivity index (χ1v) is 5.40. The van der Waals surface area contributed by atoms with E-state index in [-0.39, 0.29) is 0 Å². The van der Waals surface area contributed by atoms with Crippen LogP contribution < -0.4 is 10.0 Å². The number of carboxylic acid groups (broad SMARTS) is 1. The maximum Gasteiger partial charge on any atom is 0.251 e. The standard InChI is InChI=1S/C8H19N3.C2H4O3/c1-5-11-7-6-10(4)8(11)9(2)3;1-5-2(3)4/h8H,5-7H2,1-4H3;1H3,(H,3,4). The summed E-state index contributed by atoms with van der Waals surface area (Å²) in [4.78, 5) is 15.4. The van der Waals surface area contributed by atoms with Crippen LogP contribution in [0.2, 0.25) is 0 Å². The molecule has 1 fully saturated rings. The second kappa shape index (κ2) is 7.43. The molecule has 1 aliphatic rings. The molecule has 0 saturated carbocycles. The number of nitrogens with one attached hydrogen (secondary N) is 1. The second-order valence-corrected chi connectivity index (χ2v) is 4.03. The second-order valence-electron chi connectivity index (χ2n) is 4.03. The average molecular weight is 233 g/mol. The first-order valence-electron chi connectivity index (χ1n) is 5.40. The van der Waals surface area contributed by atoms with E-state index in [1.165, 1.54) is 19.6 Å². The molecule has 0 aromatic heterocycles. The molecule has 1 rings (SSSR count). The maximum absolute atomic E-state index is 9.03. The lowest BCUT2D eigenvalue weighted by Crippen LogP contribution is -3.15. The summed E-state index contributed by atoms with van der Waals surface area (Å²) in [6, 6.07) is 0. The van der Waals surface area contributed by atoms with Gasteiger partial charge in [-0.05, 0) is 28.1 Å². The van der Waals surface area contributed by atoms with Crippen LogP contribution in [0.15, 0.2) is 0 Å². The van der Waals surface area contributed by atoms with E-state index in [0.717, 1.165) is 7.11 Å². The Kier molecular flexibility index (Phi) is 7.03. The molecule has 1 saturated heterocycles. The molecule has 2 atom stereocenters. The number of quaternary nitrogens is 1. The van der Waals surface area contributed by atoms with Crippen LogP contribution in [0.1, 0.15) is 6.92 Å². The lowest BCUT2D eigenvalue weighted by Gasteiger charge is -2.28. The number of hydrogen-bond acceptors (Lipinski definition) is 5. The van der Waals surface area contributed by atoms with Gasteiger partial charge in [0, 0.05) is 7.11 Å². The van der Waals surface area contributed by atoms with Crippen molar-refractivity contribution in [1.29, 1.82) is 0 Å². The molecule has 0 aromatic rings. The summed E-state index contributed by atoms with van der Waals surface area (Å²) >= 11 is 0. The molecule has 2 unspecified atom stereocenters. The predicted octanol–water partition coefficient (Wildman–Crippen LogP) is -2.34. The van der Waals surface area contributed by atoms with Gasteiger partial charge in [0.2, 0.25) is 6.29 Å².